The summed E-state index contributed by atoms with van der Waals surface area (Å²) in [5.74, 6) is -0.905. The van der Waals surface area contributed by atoms with Gasteiger partial charge in [0.2, 0.25) is 17.7 Å². The number of fused-ring (bicyclic) bond motifs is 4. The van der Waals surface area contributed by atoms with Crippen LogP contribution in [0.2, 0.25) is 0 Å². The zero-order valence-corrected chi connectivity index (χ0v) is 14.3. The van der Waals surface area contributed by atoms with Crippen molar-refractivity contribution in [3.8, 4) is 23.2 Å². The molecule has 1 atom stereocenters. The molecule has 8 heteroatoms. The number of aromatic amines is 1. The van der Waals surface area contributed by atoms with Crippen LogP contribution in [0, 0.1) is 17.1 Å². The number of rotatable bonds is 1. The van der Waals surface area contributed by atoms with Crippen molar-refractivity contribution in [2.24, 2.45) is 5.73 Å². The second-order valence-electron chi connectivity index (χ2n) is 6.49. The molecule has 0 saturated heterocycles. The molecule has 2 aliphatic rings. The van der Waals surface area contributed by atoms with Gasteiger partial charge in [0, 0.05) is 16.8 Å². The van der Waals surface area contributed by atoms with E-state index < -0.39 is 17.1 Å². The van der Waals surface area contributed by atoms with Gasteiger partial charge in [0.05, 0.1) is 11.3 Å². The summed E-state index contributed by atoms with van der Waals surface area (Å²) in [5, 5.41) is 19.7. The summed E-state index contributed by atoms with van der Waals surface area (Å²) in [6.45, 7) is 0. The molecule has 0 bridgehead atoms. The number of aromatic nitrogens is 2. The van der Waals surface area contributed by atoms with Crippen LogP contribution in [0.1, 0.15) is 11.1 Å². The van der Waals surface area contributed by atoms with Gasteiger partial charge in [-0.25, -0.2) is 4.39 Å². The maximum absolute atomic E-state index is 13.4. The van der Waals surface area contributed by atoms with E-state index in [-0.39, 0.29) is 17.3 Å². The number of H-pyrrole nitrogens is 1. The quantitative estimate of drug-likeness (QED) is 0.606. The molecule has 1 spiro atoms. The largest absolute Gasteiger partial charge is 0.420 e. The monoisotopic (exact) mass is 373 g/mol. The predicted molar refractivity (Wildman–Crippen MR) is 97.3 cm³/mol. The van der Waals surface area contributed by atoms with E-state index >= 15 is 0 Å². The number of amides is 1. The van der Waals surface area contributed by atoms with Crippen LogP contribution in [0.15, 0.2) is 60.0 Å². The molecule has 28 heavy (non-hydrogen) atoms. The highest BCUT2D eigenvalue weighted by Crippen LogP contribution is 2.55. The van der Waals surface area contributed by atoms with Crippen LogP contribution in [0.25, 0.3) is 11.3 Å². The Hall–Kier alpha value is -4.12. The van der Waals surface area contributed by atoms with Crippen LogP contribution in [0.5, 0.6) is 5.88 Å². The van der Waals surface area contributed by atoms with Crippen LogP contribution in [-0.4, -0.2) is 16.1 Å². The zero-order chi connectivity index (χ0) is 19.5. The van der Waals surface area contributed by atoms with Gasteiger partial charge >= 0.3 is 0 Å². The van der Waals surface area contributed by atoms with Crippen LogP contribution in [-0.2, 0) is 10.2 Å². The summed E-state index contributed by atoms with van der Waals surface area (Å²) < 4.78 is 19.0. The number of para-hydroxylation sites is 1. The van der Waals surface area contributed by atoms with Crippen molar-refractivity contribution in [3.05, 3.63) is 76.9 Å². The van der Waals surface area contributed by atoms with Crippen molar-refractivity contribution >= 4 is 11.6 Å². The molecule has 3 aromatic rings. The van der Waals surface area contributed by atoms with E-state index in [0.29, 0.717) is 28.1 Å². The Morgan fingerprint density at radius 2 is 1.93 bits per heavy atom. The molecule has 1 amide bonds. The number of ether oxygens (including phenoxy) is 1. The topological polar surface area (TPSA) is 117 Å². The first-order valence-electron chi connectivity index (χ1n) is 8.41. The van der Waals surface area contributed by atoms with Gasteiger partial charge in [0.15, 0.2) is 0 Å². The number of nitriles is 1. The second-order valence-corrected chi connectivity index (χ2v) is 6.49. The third-order valence-electron chi connectivity index (χ3n) is 5.10. The lowest BCUT2D eigenvalue weighted by molar-refractivity contribution is -0.118. The third-order valence-corrected chi connectivity index (χ3v) is 5.10. The molecule has 2 aliphatic heterocycles. The third kappa shape index (κ3) is 1.85. The number of nitrogens with one attached hydrogen (secondary N) is 2. The van der Waals surface area contributed by atoms with Gasteiger partial charge in [-0.1, -0.05) is 18.2 Å². The molecule has 4 N–H and O–H groups in total. The fourth-order valence-electron chi connectivity index (χ4n) is 3.93. The highest BCUT2D eigenvalue weighted by atomic mass is 19.1. The minimum Gasteiger partial charge on any atom is -0.420 e. The number of carbonyl (C=O) groups excluding carboxylic acids is 1. The molecule has 0 unspecified atom stereocenters. The molecular weight excluding hydrogens is 361 g/mol. The Morgan fingerprint density at radius 3 is 2.68 bits per heavy atom. The number of benzene rings is 2. The standard InChI is InChI=1S/C20H12FN5O2/c21-11-7-5-10(6-8-11)16-15-18(26-25-16)28-17(23)13(9-22)20(15)12-3-1-2-4-14(12)24-19(20)27/h1-8H,23H2,(H,24,27)(H,25,26)/t20-/m1/s1. The van der Waals surface area contributed by atoms with E-state index in [9.17, 15) is 14.4 Å². The van der Waals surface area contributed by atoms with Gasteiger partial charge in [-0.15, -0.1) is 5.10 Å². The average molecular weight is 373 g/mol. The van der Waals surface area contributed by atoms with E-state index in [4.69, 9.17) is 10.5 Å². The fourth-order valence-corrected chi connectivity index (χ4v) is 3.93. The first-order valence-corrected chi connectivity index (χ1v) is 8.41. The average Bonchev–Trinajstić information content (AvgIpc) is 3.23. The lowest BCUT2D eigenvalue weighted by atomic mass is 9.68. The van der Waals surface area contributed by atoms with E-state index in [0.717, 1.165) is 0 Å². The number of halogens is 1. The van der Waals surface area contributed by atoms with Crippen LogP contribution >= 0.6 is 0 Å². The van der Waals surface area contributed by atoms with Crippen LogP contribution < -0.4 is 15.8 Å². The summed E-state index contributed by atoms with van der Waals surface area (Å²) in [4.78, 5) is 13.3. The number of carbonyl (C=O) groups is 1. The minimum atomic E-state index is -1.51. The van der Waals surface area contributed by atoms with E-state index in [1.165, 1.54) is 12.1 Å². The van der Waals surface area contributed by atoms with Gasteiger partial charge in [-0.3, -0.25) is 9.89 Å². The van der Waals surface area contributed by atoms with Gasteiger partial charge in [0.1, 0.15) is 22.9 Å². The van der Waals surface area contributed by atoms with E-state index in [1.807, 2.05) is 6.07 Å². The predicted octanol–water partition coefficient (Wildman–Crippen LogP) is 2.54. The molecular formula is C20H12FN5O2. The highest BCUT2D eigenvalue weighted by molar-refractivity contribution is 6.13. The summed E-state index contributed by atoms with van der Waals surface area (Å²) in [6.07, 6.45) is 0. The number of anilines is 1. The molecule has 5 rings (SSSR count). The summed E-state index contributed by atoms with van der Waals surface area (Å²) in [5.41, 5.74) is 7.02. The number of nitrogens with two attached hydrogens (primary N) is 1. The maximum Gasteiger partial charge on any atom is 0.245 e. The molecule has 0 radical (unpaired) electrons. The lowest BCUT2D eigenvalue weighted by Gasteiger charge is -2.31. The van der Waals surface area contributed by atoms with Crippen molar-refractivity contribution in [3.63, 3.8) is 0 Å². The number of nitrogens with zero attached hydrogens (tertiary/aromatic N) is 2. The van der Waals surface area contributed by atoms with Gasteiger partial charge in [-0.2, -0.15) is 5.26 Å². The maximum atomic E-state index is 13.4. The Balaban J connectivity index is 1.89. The van der Waals surface area contributed by atoms with Crippen LogP contribution in [0.3, 0.4) is 0 Å². The molecule has 136 valence electrons. The first kappa shape index (κ1) is 16.1. The Morgan fingerprint density at radius 1 is 1.18 bits per heavy atom. The van der Waals surface area contributed by atoms with Gasteiger partial charge < -0.3 is 15.8 Å². The smallest absolute Gasteiger partial charge is 0.245 e. The molecule has 0 saturated carbocycles. The summed E-state index contributed by atoms with van der Waals surface area (Å²) in [7, 11) is 0. The van der Waals surface area contributed by atoms with Crippen molar-refractivity contribution < 1.29 is 13.9 Å². The molecule has 1 aromatic heterocycles. The minimum absolute atomic E-state index is 0.0211. The first-order chi connectivity index (χ1) is 13.6. The Bertz CT molecular complexity index is 1220. The van der Waals surface area contributed by atoms with Crippen molar-refractivity contribution in [2.45, 2.75) is 5.41 Å². The SMILES string of the molecule is N#CC1=C(N)Oc2n[nH]c(-c3ccc(F)cc3)c2[C@]12C(=O)Nc1ccccc12. The van der Waals surface area contributed by atoms with Crippen LogP contribution in [0.4, 0.5) is 10.1 Å². The normalized spacial score (nSPS) is 19.6. The molecule has 7 nitrogen and oxygen atoms in total. The molecule has 0 fully saturated rings. The lowest BCUT2D eigenvalue weighted by Crippen LogP contribution is -2.42. The summed E-state index contributed by atoms with van der Waals surface area (Å²) >= 11 is 0. The fraction of sp³-hybridized carbons (Fsp3) is 0.0500. The molecule has 2 aromatic carbocycles. The highest BCUT2D eigenvalue weighted by Gasteiger charge is 2.58. The number of hydrogen-bond donors (Lipinski definition) is 3. The van der Waals surface area contributed by atoms with Crippen molar-refractivity contribution in [2.75, 3.05) is 5.32 Å². The Labute approximate surface area is 158 Å². The van der Waals surface area contributed by atoms with Gasteiger partial charge in [0.25, 0.3) is 0 Å². The molecule has 3 heterocycles. The second kappa shape index (κ2) is 5.44. The number of hydrogen-bond acceptors (Lipinski definition) is 5. The van der Waals surface area contributed by atoms with E-state index in [1.54, 1.807) is 36.4 Å². The molecule has 0 aliphatic carbocycles. The van der Waals surface area contributed by atoms with Gasteiger partial charge in [-0.05, 0) is 30.3 Å². The summed E-state index contributed by atoms with van der Waals surface area (Å²) in [6, 6.07) is 14.8. The zero-order valence-electron chi connectivity index (χ0n) is 14.3. The van der Waals surface area contributed by atoms with Crippen molar-refractivity contribution in [1.82, 2.24) is 10.2 Å². The van der Waals surface area contributed by atoms with E-state index in [2.05, 4.69) is 15.5 Å². The van der Waals surface area contributed by atoms with Crippen molar-refractivity contribution in [1.29, 1.82) is 5.26 Å². The Kier molecular flexibility index (Phi) is 3.12.